The Morgan fingerprint density at radius 1 is 1.04 bits per heavy atom. The molecule has 0 saturated carbocycles. The molecule has 0 saturated heterocycles. The molecule has 0 radical (unpaired) electrons. The highest BCUT2D eigenvalue weighted by atomic mass is 32.1. The first kappa shape index (κ1) is 15.4. The summed E-state index contributed by atoms with van der Waals surface area (Å²) in [5, 5.41) is 8.18. The summed E-state index contributed by atoms with van der Waals surface area (Å²) < 4.78 is 2.40. The van der Waals surface area contributed by atoms with E-state index in [2.05, 4.69) is 70.5 Å². The van der Waals surface area contributed by atoms with Crippen LogP contribution >= 0.6 is 11.3 Å². The van der Waals surface area contributed by atoms with Gasteiger partial charge in [0, 0.05) is 45.8 Å². The van der Waals surface area contributed by atoms with Gasteiger partial charge in [0.15, 0.2) is 0 Å². The number of aryl methyl sites for hydroxylation is 1. The van der Waals surface area contributed by atoms with Crippen molar-refractivity contribution < 1.29 is 0 Å². The average molecular weight is 335 g/mol. The molecule has 3 nitrogen and oxygen atoms in total. The molecule has 0 bridgehead atoms. The van der Waals surface area contributed by atoms with E-state index in [0.717, 1.165) is 25.3 Å². The molecule has 2 aromatic carbocycles. The van der Waals surface area contributed by atoms with Crippen molar-refractivity contribution in [3.63, 3.8) is 0 Å². The molecular weight excluding hydrogens is 314 g/mol. The molecule has 0 atom stereocenters. The molecule has 2 aromatic heterocycles. The Morgan fingerprint density at radius 3 is 2.71 bits per heavy atom. The monoisotopic (exact) mass is 335 g/mol. The van der Waals surface area contributed by atoms with Crippen molar-refractivity contribution >= 4 is 33.1 Å². The number of aromatic nitrogens is 2. The van der Waals surface area contributed by atoms with Crippen molar-refractivity contribution in [3.8, 4) is 11.3 Å². The molecule has 0 aliphatic rings. The number of benzene rings is 2. The maximum absolute atomic E-state index is 4.45. The van der Waals surface area contributed by atoms with Gasteiger partial charge in [-0.2, -0.15) is 0 Å². The Hall–Kier alpha value is -2.17. The highest BCUT2D eigenvalue weighted by Gasteiger charge is 2.12. The van der Waals surface area contributed by atoms with Crippen LogP contribution in [0.1, 0.15) is 19.4 Å². The van der Waals surface area contributed by atoms with Crippen LogP contribution in [0.2, 0.25) is 0 Å². The smallest absolute Gasteiger partial charge is 0.0811 e. The summed E-state index contributed by atoms with van der Waals surface area (Å²) in [6, 6.07) is 13.5. The second-order valence-electron chi connectivity index (χ2n) is 5.98. The lowest BCUT2D eigenvalue weighted by atomic mass is 10.1. The fraction of sp³-hybridized carbons (Fsp3) is 0.250. The second kappa shape index (κ2) is 6.38. The van der Waals surface area contributed by atoms with Gasteiger partial charge in [-0.1, -0.05) is 25.1 Å². The van der Waals surface area contributed by atoms with E-state index in [1.54, 1.807) is 11.3 Å². The first-order valence-electron chi connectivity index (χ1n) is 8.46. The quantitative estimate of drug-likeness (QED) is 0.553. The molecule has 4 rings (SSSR count). The zero-order valence-corrected chi connectivity index (χ0v) is 14.9. The van der Waals surface area contributed by atoms with Crippen LogP contribution in [0.25, 0.3) is 33.1 Å². The van der Waals surface area contributed by atoms with Crippen LogP contribution < -0.4 is 5.32 Å². The lowest BCUT2D eigenvalue weighted by Gasteiger charge is -2.05. The van der Waals surface area contributed by atoms with E-state index in [4.69, 9.17) is 0 Å². The van der Waals surface area contributed by atoms with Gasteiger partial charge in [0.2, 0.25) is 0 Å². The molecule has 122 valence electrons. The van der Waals surface area contributed by atoms with E-state index >= 15 is 0 Å². The van der Waals surface area contributed by atoms with Crippen LogP contribution in [-0.4, -0.2) is 16.1 Å². The van der Waals surface area contributed by atoms with Crippen LogP contribution in [0.15, 0.2) is 47.3 Å². The molecule has 0 amide bonds. The van der Waals surface area contributed by atoms with Crippen molar-refractivity contribution in [2.75, 3.05) is 6.54 Å². The number of hydrogen-bond donors (Lipinski definition) is 1. The highest BCUT2D eigenvalue weighted by Crippen LogP contribution is 2.33. The molecular formula is C20H21N3S. The molecule has 0 aliphatic carbocycles. The number of thiazole rings is 1. The van der Waals surface area contributed by atoms with Crippen LogP contribution in [-0.2, 0) is 13.1 Å². The summed E-state index contributed by atoms with van der Waals surface area (Å²) >= 11 is 1.64. The zero-order chi connectivity index (χ0) is 16.5. The minimum atomic E-state index is 0.919. The normalized spacial score (nSPS) is 11.6. The SMILES string of the molecule is CCNCc1ccc2c(c1)c1ccc(-c3cscn3)cc1n2CC. The van der Waals surface area contributed by atoms with Gasteiger partial charge in [0.25, 0.3) is 0 Å². The molecule has 0 aliphatic heterocycles. The Labute approximate surface area is 146 Å². The first-order valence-corrected chi connectivity index (χ1v) is 9.40. The lowest BCUT2D eigenvalue weighted by Crippen LogP contribution is -2.11. The Bertz CT molecular complexity index is 983. The third kappa shape index (κ3) is 2.52. The highest BCUT2D eigenvalue weighted by molar-refractivity contribution is 7.07. The fourth-order valence-electron chi connectivity index (χ4n) is 3.38. The molecule has 4 heteroatoms. The summed E-state index contributed by atoms with van der Waals surface area (Å²) in [5.41, 5.74) is 8.07. The third-order valence-electron chi connectivity index (χ3n) is 4.55. The fourth-order valence-corrected chi connectivity index (χ4v) is 3.94. The van der Waals surface area contributed by atoms with Crippen molar-refractivity contribution in [2.24, 2.45) is 0 Å². The van der Waals surface area contributed by atoms with Crippen LogP contribution in [0.5, 0.6) is 0 Å². The Kier molecular flexibility index (Phi) is 4.08. The summed E-state index contributed by atoms with van der Waals surface area (Å²) in [6.07, 6.45) is 0. The average Bonchev–Trinajstić information content (AvgIpc) is 3.25. The van der Waals surface area contributed by atoms with E-state index in [-0.39, 0.29) is 0 Å². The Morgan fingerprint density at radius 2 is 1.96 bits per heavy atom. The van der Waals surface area contributed by atoms with Gasteiger partial charge in [0.05, 0.1) is 11.2 Å². The van der Waals surface area contributed by atoms with Crippen LogP contribution in [0, 0.1) is 0 Å². The van der Waals surface area contributed by atoms with E-state index in [9.17, 15) is 0 Å². The largest absolute Gasteiger partial charge is 0.341 e. The van der Waals surface area contributed by atoms with Crippen LogP contribution in [0.3, 0.4) is 0 Å². The molecule has 0 spiro atoms. The Balaban J connectivity index is 1.92. The molecule has 4 aromatic rings. The second-order valence-corrected chi connectivity index (χ2v) is 6.70. The van der Waals surface area contributed by atoms with Crippen molar-refractivity contribution in [1.29, 1.82) is 0 Å². The summed E-state index contributed by atoms with van der Waals surface area (Å²) in [7, 11) is 0. The van der Waals surface area contributed by atoms with E-state index in [1.807, 2.05) is 5.51 Å². The first-order chi connectivity index (χ1) is 11.8. The topological polar surface area (TPSA) is 29.9 Å². The molecule has 24 heavy (non-hydrogen) atoms. The van der Waals surface area contributed by atoms with Crippen molar-refractivity contribution in [2.45, 2.75) is 26.9 Å². The van der Waals surface area contributed by atoms with Gasteiger partial charge < -0.3 is 9.88 Å². The molecule has 0 fully saturated rings. The van der Waals surface area contributed by atoms with Crippen LogP contribution in [0.4, 0.5) is 0 Å². The van der Waals surface area contributed by atoms with Gasteiger partial charge in [-0.3, -0.25) is 0 Å². The maximum atomic E-state index is 4.45. The van der Waals surface area contributed by atoms with Gasteiger partial charge in [-0.05, 0) is 37.2 Å². The number of nitrogens with zero attached hydrogens (tertiary/aromatic N) is 2. The minimum absolute atomic E-state index is 0.919. The summed E-state index contributed by atoms with van der Waals surface area (Å²) in [6.45, 7) is 7.23. The van der Waals surface area contributed by atoms with Gasteiger partial charge in [-0.25, -0.2) is 4.98 Å². The third-order valence-corrected chi connectivity index (χ3v) is 5.14. The maximum Gasteiger partial charge on any atom is 0.0811 e. The summed E-state index contributed by atoms with van der Waals surface area (Å²) in [5.74, 6) is 0. The number of nitrogens with one attached hydrogen (secondary N) is 1. The van der Waals surface area contributed by atoms with Crippen molar-refractivity contribution in [3.05, 3.63) is 52.9 Å². The van der Waals surface area contributed by atoms with Gasteiger partial charge in [-0.15, -0.1) is 11.3 Å². The molecule has 2 heterocycles. The number of rotatable bonds is 5. The van der Waals surface area contributed by atoms with E-state index < -0.39 is 0 Å². The number of fused-ring (bicyclic) bond motifs is 3. The lowest BCUT2D eigenvalue weighted by molar-refractivity contribution is 0.727. The minimum Gasteiger partial charge on any atom is -0.341 e. The van der Waals surface area contributed by atoms with E-state index in [1.165, 1.54) is 32.9 Å². The standard InChI is InChI=1S/C20H21N3S/c1-3-21-11-14-5-8-19-17(9-14)16-7-6-15(18-12-24-13-22-18)10-20(16)23(19)4-2/h5-10,12-13,21H,3-4,11H2,1-2H3. The predicted molar refractivity (Wildman–Crippen MR) is 104 cm³/mol. The van der Waals surface area contributed by atoms with E-state index in [0.29, 0.717) is 0 Å². The number of hydrogen-bond acceptors (Lipinski definition) is 3. The molecule has 0 unspecified atom stereocenters. The van der Waals surface area contributed by atoms with Gasteiger partial charge >= 0.3 is 0 Å². The zero-order valence-electron chi connectivity index (χ0n) is 14.0. The van der Waals surface area contributed by atoms with Gasteiger partial charge in [0.1, 0.15) is 0 Å². The predicted octanol–water partition coefficient (Wildman–Crippen LogP) is 5.05. The summed E-state index contributed by atoms with van der Waals surface area (Å²) in [4.78, 5) is 4.45. The van der Waals surface area contributed by atoms with Crippen molar-refractivity contribution in [1.82, 2.24) is 14.9 Å². The molecule has 1 N–H and O–H groups in total.